The van der Waals surface area contributed by atoms with Gasteiger partial charge in [0.2, 0.25) is 0 Å². The number of hydrogen-bond donors (Lipinski definition) is 1. The topological polar surface area (TPSA) is 21.3 Å². The number of benzene rings is 1. The van der Waals surface area contributed by atoms with Gasteiger partial charge >= 0.3 is 0 Å². The molecule has 0 heterocycles. The van der Waals surface area contributed by atoms with Crippen molar-refractivity contribution < 1.29 is 4.74 Å². The van der Waals surface area contributed by atoms with E-state index in [-0.39, 0.29) is 0 Å². The lowest BCUT2D eigenvalue weighted by molar-refractivity contribution is 0.313. The van der Waals surface area contributed by atoms with Gasteiger partial charge in [0.05, 0.1) is 6.61 Å². The summed E-state index contributed by atoms with van der Waals surface area (Å²) < 4.78 is 6.83. The Labute approximate surface area is 106 Å². The van der Waals surface area contributed by atoms with Gasteiger partial charge in [0.1, 0.15) is 5.75 Å². The van der Waals surface area contributed by atoms with Crippen LogP contribution in [-0.2, 0) is 6.54 Å². The Morgan fingerprint density at radius 2 is 2.25 bits per heavy atom. The summed E-state index contributed by atoms with van der Waals surface area (Å²) in [4.78, 5) is 0. The molecule has 0 bridgehead atoms. The van der Waals surface area contributed by atoms with E-state index in [1.807, 2.05) is 0 Å². The molecule has 0 amide bonds. The number of halogens is 1. The SMILES string of the molecule is CCCOc1cc(Br)ccc1CNC1CC1. The van der Waals surface area contributed by atoms with Crippen molar-refractivity contribution in [3.05, 3.63) is 28.2 Å². The number of ether oxygens (including phenoxy) is 1. The van der Waals surface area contributed by atoms with Gasteiger partial charge < -0.3 is 10.1 Å². The third-order valence-electron chi connectivity index (χ3n) is 2.65. The van der Waals surface area contributed by atoms with Crippen LogP contribution in [0.15, 0.2) is 22.7 Å². The quantitative estimate of drug-likeness (QED) is 0.863. The van der Waals surface area contributed by atoms with E-state index in [1.165, 1.54) is 18.4 Å². The molecule has 3 heteroatoms. The molecule has 0 unspecified atom stereocenters. The van der Waals surface area contributed by atoms with Crippen LogP contribution in [0.5, 0.6) is 5.75 Å². The predicted octanol–water partition coefficient (Wildman–Crippen LogP) is 3.49. The minimum absolute atomic E-state index is 0.739. The predicted molar refractivity (Wildman–Crippen MR) is 69.8 cm³/mol. The van der Waals surface area contributed by atoms with E-state index in [9.17, 15) is 0 Å². The van der Waals surface area contributed by atoms with E-state index in [4.69, 9.17) is 4.74 Å². The highest BCUT2D eigenvalue weighted by Crippen LogP contribution is 2.25. The molecule has 1 aliphatic rings. The summed E-state index contributed by atoms with van der Waals surface area (Å²) >= 11 is 3.48. The monoisotopic (exact) mass is 283 g/mol. The fourth-order valence-corrected chi connectivity index (χ4v) is 1.90. The average Bonchev–Trinajstić information content (AvgIpc) is 3.09. The lowest BCUT2D eigenvalue weighted by atomic mass is 10.2. The molecule has 2 rings (SSSR count). The average molecular weight is 284 g/mol. The van der Waals surface area contributed by atoms with Crippen molar-refractivity contribution in [2.75, 3.05) is 6.61 Å². The number of hydrogen-bond acceptors (Lipinski definition) is 2. The van der Waals surface area contributed by atoms with Crippen molar-refractivity contribution in [2.45, 2.75) is 38.8 Å². The maximum Gasteiger partial charge on any atom is 0.124 e. The van der Waals surface area contributed by atoms with Crippen LogP contribution in [0, 0.1) is 0 Å². The van der Waals surface area contributed by atoms with Gasteiger partial charge in [0, 0.05) is 22.6 Å². The Bertz CT molecular complexity index is 350. The molecule has 0 aromatic heterocycles. The van der Waals surface area contributed by atoms with Gasteiger partial charge in [-0.15, -0.1) is 0 Å². The van der Waals surface area contributed by atoms with Crippen LogP contribution in [0.2, 0.25) is 0 Å². The molecule has 1 N–H and O–H groups in total. The fraction of sp³-hybridized carbons (Fsp3) is 0.538. The van der Waals surface area contributed by atoms with Crippen LogP contribution in [-0.4, -0.2) is 12.6 Å². The molecule has 1 aromatic carbocycles. The molecule has 0 saturated heterocycles. The van der Waals surface area contributed by atoms with E-state index in [2.05, 4.69) is 46.4 Å². The van der Waals surface area contributed by atoms with Crippen LogP contribution in [0.1, 0.15) is 31.7 Å². The van der Waals surface area contributed by atoms with Crippen molar-refractivity contribution in [2.24, 2.45) is 0 Å². The van der Waals surface area contributed by atoms with Gasteiger partial charge in [-0.2, -0.15) is 0 Å². The highest BCUT2D eigenvalue weighted by atomic mass is 79.9. The molecule has 1 aromatic rings. The highest BCUT2D eigenvalue weighted by Gasteiger charge is 2.20. The molecular formula is C13H18BrNO. The van der Waals surface area contributed by atoms with Gasteiger partial charge in [-0.1, -0.05) is 28.9 Å². The molecule has 0 spiro atoms. The Hall–Kier alpha value is -0.540. The summed E-state index contributed by atoms with van der Waals surface area (Å²) in [5.74, 6) is 1.00. The second-order valence-corrected chi connectivity index (χ2v) is 5.17. The largest absolute Gasteiger partial charge is 0.493 e. The van der Waals surface area contributed by atoms with Crippen LogP contribution in [0.3, 0.4) is 0 Å². The zero-order valence-electron chi connectivity index (χ0n) is 9.63. The lowest BCUT2D eigenvalue weighted by Crippen LogP contribution is -2.16. The Balaban J connectivity index is 2.00. The van der Waals surface area contributed by atoms with Crippen LogP contribution < -0.4 is 10.1 Å². The van der Waals surface area contributed by atoms with Gasteiger partial charge in [-0.3, -0.25) is 0 Å². The first-order valence-corrected chi connectivity index (χ1v) is 6.73. The van der Waals surface area contributed by atoms with Crippen molar-refractivity contribution in [3.8, 4) is 5.75 Å². The number of nitrogens with one attached hydrogen (secondary N) is 1. The maximum atomic E-state index is 5.75. The normalized spacial score (nSPS) is 15.1. The zero-order chi connectivity index (χ0) is 11.4. The molecular weight excluding hydrogens is 266 g/mol. The fourth-order valence-electron chi connectivity index (χ4n) is 1.56. The molecule has 2 nitrogen and oxygen atoms in total. The molecule has 0 aliphatic heterocycles. The van der Waals surface area contributed by atoms with Gasteiger partial charge in [0.25, 0.3) is 0 Å². The minimum atomic E-state index is 0.739. The molecule has 0 atom stereocenters. The molecule has 0 radical (unpaired) electrons. The zero-order valence-corrected chi connectivity index (χ0v) is 11.2. The van der Waals surface area contributed by atoms with Crippen LogP contribution in [0.4, 0.5) is 0 Å². The maximum absolute atomic E-state index is 5.75. The highest BCUT2D eigenvalue weighted by molar-refractivity contribution is 9.10. The smallest absolute Gasteiger partial charge is 0.124 e. The minimum Gasteiger partial charge on any atom is -0.493 e. The van der Waals surface area contributed by atoms with Gasteiger partial charge in [-0.25, -0.2) is 0 Å². The molecule has 1 saturated carbocycles. The van der Waals surface area contributed by atoms with Gasteiger partial charge in [-0.05, 0) is 31.4 Å². The number of rotatable bonds is 6. The van der Waals surface area contributed by atoms with Crippen molar-refractivity contribution in [3.63, 3.8) is 0 Å². The summed E-state index contributed by atoms with van der Waals surface area (Å²) in [5, 5.41) is 3.51. The molecule has 1 aliphatic carbocycles. The van der Waals surface area contributed by atoms with Gasteiger partial charge in [0.15, 0.2) is 0 Å². The third kappa shape index (κ3) is 3.49. The van der Waals surface area contributed by atoms with E-state index < -0.39 is 0 Å². The second-order valence-electron chi connectivity index (χ2n) is 4.26. The van der Waals surface area contributed by atoms with Crippen molar-refractivity contribution in [1.82, 2.24) is 5.32 Å². The first-order chi connectivity index (χ1) is 7.79. The first kappa shape index (κ1) is 11.9. The summed E-state index contributed by atoms with van der Waals surface area (Å²) in [6.45, 7) is 3.82. The summed E-state index contributed by atoms with van der Waals surface area (Å²) in [6, 6.07) is 7.00. The molecule has 1 fully saturated rings. The van der Waals surface area contributed by atoms with Crippen LogP contribution in [0.25, 0.3) is 0 Å². The summed E-state index contributed by atoms with van der Waals surface area (Å²) in [7, 11) is 0. The summed E-state index contributed by atoms with van der Waals surface area (Å²) in [5.41, 5.74) is 1.25. The Kier molecular flexibility index (Phi) is 4.24. The lowest BCUT2D eigenvalue weighted by Gasteiger charge is -2.12. The molecule has 88 valence electrons. The summed E-state index contributed by atoms with van der Waals surface area (Å²) in [6.07, 6.45) is 3.69. The third-order valence-corrected chi connectivity index (χ3v) is 3.14. The van der Waals surface area contributed by atoms with Crippen LogP contribution >= 0.6 is 15.9 Å². The van der Waals surface area contributed by atoms with Crippen molar-refractivity contribution in [1.29, 1.82) is 0 Å². The standard InChI is InChI=1S/C13H18BrNO/c1-2-7-16-13-8-11(14)4-3-10(13)9-15-12-5-6-12/h3-4,8,12,15H,2,5-7,9H2,1H3. The molecule has 16 heavy (non-hydrogen) atoms. The first-order valence-electron chi connectivity index (χ1n) is 5.94. The van der Waals surface area contributed by atoms with E-state index >= 15 is 0 Å². The van der Waals surface area contributed by atoms with E-state index in [0.717, 1.165) is 35.8 Å². The second kappa shape index (κ2) is 5.69. The van der Waals surface area contributed by atoms with E-state index in [0.29, 0.717) is 0 Å². The Morgan fingerprint density at radius 1 is 1.44 bits per heavy atom. The van der Waals surface area contributed by atoms with Crippen molar-refractivity contribution >= 4 is 15.9 Å². The van der Waals surface area contributed by atoms with E-state index in [1.54, 1.807) is 0 Å². The Morgan fingerprint density at radius 3 is 2.94 bits per heavy atom.